The normalized spacial score (nSPS) is 29.4. The lowest BCUT2D eigenvalue weighted by Gasteiger charge is -2.62. The Morgan fingerprint density at radius 2 is 1.25 bits per heavy atom. The van der Waals surface area contributed by atoms with Crippen LogP contribution in [-0.2, 0) is 0 Å². The summed E-state index contributed by atoms with van der Waals surface area (Å²) in [6, 6.07) is 0. The molecule has 0 aromatic heterocycles. The number of allylic oxidation sites excluding steroid dienone is 2. The average molecular weight is 832 g/mol. The van der Waals surface area contributed by atoms with Crippen molar-refractivity contribution in [3.63, 3.8) is 0 Å². The van der Waals surface area contributed by atoms with Gasteiger partial charge in [0, 0.05) is 0 Å². The van der Waals surface area contributed by atoms with Crippen LogP contribution < -0.4 is 5.73 Å². The number of rotatable bonds is 9. The van der Waals surface area contributed by atoms with Crippen LogP contribution in [0.5, 0.6) is 0 Å². The minimum atomic E-state index is 0. The van der Waals surface area contributed by atoms with Crippen molar-refractivity contribution in [2.75, 3.05) is 7.05 Å². The highest BCUT2D eigenvalue weighted by atomic mass is 14.7. The van der Waals surface area contributed by atoms with Gasteiger partial charge in [0.05, 0.1) is 0 Å². The molecule has 0 aromatic carbocycles. The van der Waals surface area contributed by atoms with Crippen molar-refractivity contribution in [3.05, 3.63) is 24.8 Å². The largest absolute Gasteiger partial charge is 0.333 e. The number of hydrogen-bond acceptors (Lipinski definition) is 2. The van der Waals surface area contributed by atoms with Gasteiger partial charge in [-0.3, -0.25) is 0 Å². The molecule has 9 unspecified atom stereocenters. The Balaban J connectivity index is -0.000000416. The molecule has 0 amide bonds. The summed E-state index contributed by atoms with van der Waals surface area (Å²) < 4.78 is 0. The minimum absolute atomic E-state index is 0. The molecule has 5 aliphatic rings. The number of fused-ring (bicyclic) bond motifs is 5. The van der Waals surface area contributed by atoms with Gasteiger partial charge in [-0.15, -0.1) is 13.2 Å². The van der Waals surface area contributed by atoms with E-state index in [2.05, 4.69) is 142 Å². The summed E-state index contributed by atoms with van der Waals surface area (Å²) in [6.45, 7) is 51.2. The van der Waals surface area contributed by atoms with Crippen LogP contribution >= 0.6 is 0 Å². The molecular weight excluding hydrogens is 713 g/mol. The lowest BCUT2D eigenvalue weighted by Crippen LogP contribution is -2.54. The minimum Gasteiger partial charge on any atom is -0.333 e. The molecule has 3 N–H and O–H groups in total. The van der Waals surface area contributed by atoms with Gasteiger partial charge in [0.15, 0.2) is 0 Å². The quantitative estimate of drug-likeness (QED) is 0.176. The van der Waals surface area contributed by atoms with E-state index in [-0.39, 0.29) is 7.43 Å². The second-order valence-corrected chi connectivity index (χ2v) is 21.2. The van der Waals surface area contributed by atoms with Crippen molar-refractivity contribution in [2.24, 2.45) is 80.7 Å². The predicted molar refractivity (Wildman–Crippen MR) is 277 cm³/mol. The maximum absolute atomic E-state index is 5.50. The molecule has 59 heavy (non-hydrogen) atoms. The average Bonchev–Trinajstić information content (AvgIpc) is 3.86. The van der Waals surface area contributed by atoms with E-state index in [9.17, 15) is 0 Å². The van der Waals surface area contributed by atoms with Crippen LogP contribution in [0.2, 0.25) is 0 Å². The molecule has 9 atom stereocenters. The molecule has 4 saturated carbocycles. The first-order valence-electron chi connectivity index (χ1n) is 25.5. The van der Waals surface area contributed by atoms with Crippen molar-refractivity contribution in [2.45, 2.75) is 254 Å². The molecule has 2 nitrogen and oxygen atoms in total. The molecule has 2 heteroatoms. The van der Waals surface area contributed by atoms with Gasteiger partial charge >= 0.3 is 0 Å². The third kappa shape index (κ3) is 19.2. The van der Waals surface area contributed by atoms with E-state index >= 15 is 0 Å². The molecule has 0 aromatic rings. The van der Waals surface area contributed by atoms with Gasteiger partial charge in [-0.25, -0.2) is 0 Å². The Bertz CT molecular complexity index is 993. The molecule has 0 spiro atoms. The first-order chi connectivity index (χ1) is 27.4. The van der Waals surface area contributed by atoms with Gasteiger partial charge in [0.1, 0.15) is 0 Å². The maximum Gasteiger partial charge on any atom is -0.0116 e. The zero-order valence-corrected chi connectivity index (χ0v) is 43.9. The lowest BCUT2D eigenvalue weighted by atomic mass is 9.43. The highest BCUT2D eigenvalue weighted by Crippen LogP contribution is 2.70. The smallest absolute Gasteiger partial charge is 0.0116 e. The zero-order chi connectivity index (χ0) is 45.9. The van der Waals surface area contributed by atoms with Crippen molar-refractivity contribution < 1.29 is 0 Å². The van der Waals surface area contributed by atoms with E-state index < -0.39 is 0 Å². The molecule has 0 saturated heterocycles. The van der Waals surface area contributed by atoms with Crippen molar-refractivity contribution in [1.29, 1.82) is 5.41 Å². The zero-order valence-electron chi connectivity index (χ0n) is 43.9. The van der Waals surface area contributed by atoms with Crippen LogP contribution in [0.1, 0.15) is 254 Å². The maximum atomic E-state index is 5.50. The molecule has 0 heterocycles. The Morgan fingerprint density at radius 1 is 0.763 bits per heavy atom. The topological polar surface area (TPSA) is 49.9 Å². The fourth-order valence-corrected chi connectivity index (χ4v) is 11.7. The van der Waals surface area contributed by atoms with Crippen LogP contribution in [0.15, 0.2) is 24.8 Å². The standard InChI is InChI=1S/C29H50.C10H22.C8H16.C3H8.C2H6.C2H4.CH5N.CH3N.CH4/c1-19-10-12-23-22(27(19,6)7)14-15-25-24-13-11-21(18-20(2)26(3,4)5)28(24,8)16-17-29(23,25)9;1-5-9(4)8-10(6-2)7-3;1-2-5-8-6-3-4-7-8;1-3-2;4*1-2;/h14,19-21,23-25H,10-13,15-18H2,1-9H3;9-10H,5-8H2,1-4H3;8H,2-7H2,1H3;3H2,1-2H3;1-2H3;1-2H2;2H2,1H3;2H,1H2;1H4. The van der Waals surface area contributed by atoms with Crippen LogP contribution in [-0.4, -0.2) is 13.8 Å². The van der Waals surface area contributed by atoms with Crippen LogP contribution in [0.4, 0.5) is 0 Å². The monoisotopic (exact) mass is 831 g/mol. The predicted octanol–water partition coefficient (Wildman–Crippen LogP) is 19.5. The summed E-state index contributed by atoms with van der Waals surface area (Å²) in [5.41, 5.74) is 8.39. The van der Waals surface area contributed by atoms with Gasteiger partial charge in [-0.1, -0.05) is 208 Å². The van der Waals surface area contributed by atoms with Crippen LogP contribution in [0, 0.1) is 80.3 Å². The second-order valence-electron chi connectivity index (χ2n) is 21.2. The Hall–Kier alpha value is -0.890. The van der Waals surface area contributed by atoms with E-state index in [1.54, 1.807) is 0 Å². The van der Waals surface area contributed by atoms with Crippen LogP contribution in [0.3, 0.4) is 0 Å². The summed E-state index contributed by atoms with van der Waals surface area (Å²) in [5, 5.41) is 5.50. The van der Waals surface area contributed by atoms with E-state index in [1.807, 2.05) is 19.4 Å². The molecule has 356 valence electrons. The highest BCUT2D eigenvalue weighted by Gasteiger charge is 2.61. The molecule has 0 bridgehead atoms. The summed E-state index contributed by atoms with van der Waals surface area (Å²) in [6.07, 6.45) is 30.2. The summed E-state index contributed by atoms with van der Waals surface area (Å²) in [4.78, 5) is 0. The fourth-order valence-electron chi connectivity index (χ4n) is 11.7. The molecule has 5 aliphatic carbocycles. The van der Waals surface area contributed by atoms with Gasteiger partial charge in [-0.2, -0.15) is 0 Å². The Morgan fingerprint density at radius 3 is 1.69 bits per heavy atom. The first kappa shape index (κ1) is 64.7. The first-order valence-corrected chi connectivity index (χ1v) is 25.5. The summed E-state index contributed by atoms with van der Waals surface area (Å²) in [7, 11) is 1.50. The number of nitrogens with two attached hydrogens (primary N) is 1. The molecule has 0 aliphatic heterocycles. The van der Waals surface area contributed by atoms with E-state index in [1.165, 1.54) is 129 Å². The molecule has 4 fully saturated rings. The SMILES string of the molecule is C.C=C.C=N.CC.CC(CC1CCC2C3CC=C4C(CCC(C)C4(C)C)C3(C)CCC12C)C(C)(C)C.CCC.CCC(C)CC(CC)CC.CCCC1CCCC1.CN. The van der Waals surface area contributed by atoms with Gasteiger partial charge in [0.2, 0.25) is 0 Å². The molecule has 0 radical (unpaired) electrons. The van der Waals surface area contributed by atoms with E-state index in [0.717, 1.165) is 53.3 Å². The Labute approximate surface area is 377 Å². The van der Waals surface area contributed by atoms with Crippen molar-refractivity contribution >= 4 is 6.72 Å². The third-order valence-corrected chi connectivity index (χ3v) is 16.6. The van der Waals surface area contributed by atoms with Gasteiger partial charge < -0.3 is 11.1 Å². The number of hydrogen-bond donors (Lipinski definition) is 2. The van der Waals surface area contributed by atoms with Crippen molar-refractivity contribution in [1.82, 2.24) is 0 Å². The Kier molecular flexibility index (Phi) is 36.9. The highest BCUT2D eigenvalue weighted by molar-refractivity contribution is 5.28. The van der Waals surface area contributed by atoms with Gasteiger partial charge in [0.25, 0.3) is 0 Å². The van der Waals surface area contributed by atoms with E-state index in [4.69, 9.17) is 5.41 Å². The summed E-state index contributed by atoms with van der Waals surface area (Å²) >= 11 is 0. The van der Waals surface area contributed by atoms with E-state index in [0.29, 0.717) is 21.7 Å². The van der Waals surface area contributed by atoms with Gasteiger partial charge in [-0.05, 0) is 146 Å². The lowest BCUT2D eigenvalue weighted by molar-refractivity contribution is -0.0852. The summed E-state index contributed by atoms with van der Waals surface area (Å²) in [5.74, 6) is 8.43. The van der Waals surface area contributed by atoms with Crippen molar-refractivity contribution in [3.8, 4) is 0 Å². The number of nitrogens with one attached hydrogen (secondary N) is 1. The third-order valence-electron chi connectivity index (χ3n) is 16.6. The molecule has 5 rings (SSSR count). The second kappa shape index (κ2) is 33.6. The molecular formula is C57H118N2. The fraction of sp³-hybridized carbons (Fsp3) is 0.912. The van der Waals surface area contributed by atoms with Crippen LogP contribution in [0.25, 0.3) is 0 Å².